The van der Waals surface area contributed by atoms with Crippen LogP contribution in [0.2, 0.25) is 0 Å². The molecule has 0 saturated heterocycles. The second-order valence-corrected chi connectivity index (χ2v) is 8.24. The summed E-state index contributed by atoms with van der Waals surface area (Å²) in [6.45, 7) is -0.176. The Morgan fingerprint density at radius 3 is 2.32 bits per heavy atom. The number of carboxylic acids is 1. The van der Waals surface area contributed by atoms with Crippen LogP contribution in [-0.4, -0.2) is 30.2 Å². The monoisotopic (exact) mass is 424 g/mol. The summed E-state index contributed by atoms with van der Waals surface area (Å²) in [6, 6.07) is 7.51. The van der Waals surface area contributed by atoms with Gasteiger partial charge in [0.1, 0.15) is 5.00 Å². The van der Waals surface area contributed by atoms with Crippen LogP contribution in [0.1, 0.15) is 15.2 Å². The third-order valence-electron chi connectivity index (χ3n) is 3.47. The van der Waals surface area contributed by atoms with E-state index >= 15 is 0 Å². The molecule has 4 N–H and O–H groups in total. The molecule has 146 valence electrons. The van der Waals surface area contributed by atoms with Crippen LogP contribution < -0.4 is 26.6 Å². The lowest BCUT2D eigenvalue weighted by molar-refractivity contribution is 0.0698. The fourth-order valence-corrected chi connectivity index (χ4v) is 4.02. The summed E-state index contributed by atoms with van der Waals surface area (Å²) < 4.78 is 26.6. The molecule has 13 heteroatoms. The number of hydrogen-bond donors (Lipinski definition) is 4. The van der Waals surface area contributed by atoms with Crippen molar-refractivity contribution in [1.82, 2.24) is 14.7 Å². The Labute approximate surface area is 160 Å². The number of carboxylic acid groups (broad SMARTS) is 1. The summed E-state index contributed by atoms with van der Waals surface area (Å²) in [4.78, 5) is 45.5. The highest BCUT2D eigenvalue weighted by molar-refractivity contribution is 7.90. The number of rotatable bonds is 7. The molecule has 0 aliphatic rings. The summed E-state index contributed by atoms with van der Waals surface area (Å²) in [5.41, 5.74) is 0.586. The van der Waals surface area contributed by atoms with Crippen LogP contribution in [0.15, 0.2) is 50.9 Å². The number of nitrogens with zero attached hydrogens (tertiary/aromatic N) is 1. The number of aromatic nitrogens is 1. The number of sulfonamides is 1. The van der Waals surface area contributed by atoms with Gasteiger partial charge in [-0.1, -0.05) is 18.2 Å². The highest BCUT2D eigenvalue weighted by Crippen LogP contribution is 2.28. The first kappa shape index (κ1) is 19.3. The van der Waals surface area contributed by atoms with E-state index in [1.54, 1.807) is 6.07 Å². The molecule has 3 rings (SSSR count). The van der Waals surface area contributed by atoms with E-state index in [0.29, 0.717) is 9.55 Å². The maximum absolute atomic E-state index is 12.1. The van der Waals surface area contributed by atoms with Crippen LogP contribution in [0.25, 0.3) is 0 Å². The van der Waals surface area contributed by atoms with E-state index in [1.165, 1.54) is 30.3 Å². The SMILES string of the molecule is O=C(NCc1cc(C(=O)O)c(Nn2c(=O)c2=O)s1)NS(=O)(=O)c1ccccc1. The maximum atomic E-state index is 12.1. The standard InChI is InChI=1S/C15H12N4O7S2/c20-12-13(21)19(12)17-11-10(14(22)23)6-8(27-11)7-16-15(24)18-28(25,26)9-4-2-1-3-5-9/h1-6,17H,7H2,(H,22,23)(H2,16,18,24). The fraction of sp³-hybridized carbons (Fsp3) is 0.0667. The molecule has 11 nitrogen and oxygen atoms in total. The normalized spacial score (nSPS) is 11.3. The average molecular weight is 424 g/mol. The zero-order chi connectivity index (χ0) is 20.5. The third kappa shape index (κ3) is 4.10. The number of aromatic carboxylic acids is 1. The number of carbonyl (C=O) groups is 2. The minimum atomic E-state index is -4.05. The Morgan fingerprint density at radius 2 is 1.75 bits per heavy atom. The summed E-state index contributed by atoms with van der Waals surface area (Å²) in [5.74, 6) is -1.30. The van der Waals surface area contributed by atoms with Gasteiger partial charge >= 0.3 is 23.1 Å². The molecule has 0 bridgehead atoms. The quantitative estimate of drug-likeness (QED) is 0.382. The van der Waals surface area contributed by atoms with E-state index in [4.69, 9.17) is 0 Å². The Balaban J connectivity index is 1.66. The molecule has 0 saturated carbocycles. The Bertz CT molecular complexity index is 1190. The maximum Gasteiger partial charge on any atom is 0.340 e. The highest BCUT2D eigenvalue weighted by Gasteiger charge is 2.22. The van der Waals surface area contributed by atoms with Crippen molar-refractivity contribution in [3.8, 4) is 0 Å². The number of anilines is 1. The minimum absolute atomic E-state index is 0.0285. The molecule has 2 aromatic heterocycles. The molecule has 3 aromatic rings. The van der Waals surface area contributed by atoms with E-state index < -0.39 is 33.1 Å². The topological polar surface area (TPSA) is 164 Å². The van der Waals surface area contributed by atoms with Crippen molar-refractivity contribution in [1.29, 1.82) is 0 Å². The van der Waals surface area contributed by atoms with Crippen LogP contribution in [0.5, 0.6) is 0 Å². The van der Waals surface area contributed by atoms with Gasteiger partial charge in [0, 0.05) is 4.88 Å². The summed E-state index contributed by atoms with van der Waals surface area (Å²) in [5, 5.41) is 11.5. The molecular weight excluding hydrogens is 412 g/mol. The van der Waals surface area contributed by atoms with Gasteiger partial charge in [-0.25, -0.2) is 22.7 Å². The van der Waals surface area contributed by atoms with Crippen molar-refractivity contribution in [3.05, 3.63) is 67.5 Å². The van der Waals surface area contributed by atoms with Gasteiger partial charge in [0.05, 0.1) is 17.0 Å². The largest absolute Gasteiger partial charge is 0.478 e. The number of urea groups is 1. The zero-order valence-electron chi connectivity index (χ0n) is 13.8. The molecule has 0 spiro atoms. The van der Waals surface area contributed by atoms with Gasteiger partial charge in [0.2, 0.25) is 0 Å². The van der Waals surface area contributed by atoms with E-state index in [2.05, 4.69) is 10.7 Å². The van der Waals surface area contributed by atoms with Crippen LogP contribution >= 0.6 is 11.3 Å². The molecule has 0 aliphatic heterocycles. The molecule has 2 amide bonds. The van der Waals surface area contributed by atoms with Crippen molar-refractivity contribution < 1.29 is 23.1 Å². The van der Waals surface area contributed by atoms with Crippen LogP contribution in [0.4, 0.5) is 9.80 Å². The average Bonchev–Trinajstić information content (AvgIpc) is 3.05. The van der Waals surface area contributed by atoms with Gasteiger partial charge in [0.25, 0.3) is 10.0 Å². The summed E-state index contributed by atoms with van der Waals surface area (Å²) in [7, 11) is -4.05. The van der Waals surface area contributed by atoms with Gasteiger partial charge < -0.3 is 10.4 Å². The van der Waals surface area contributed by atoms with Crippen molar-refractivity contribution in [3.63, 3.8) is 0 Å². The van der Waals surface area contributed by atoms with Crippen LogP contribution in [0, 0.1) is 0 Å². The second-order valence-electron chi connectivity index (χ2n) is 5.42. The molecule has 2 heterocycles. The molecule has 0 atom stereocenters. The highest BCUT2D eigenvalue weighted by atomic mass is 32.2. The number of nitrogens with one attached hydrogen (secondary N) is 3. The predicted octanol–water partition coefficient (Wildman–Crippen LogP) is -0.0929. The second kappa shape index (κ2) is 7.28. The van der Waals surface area contributed by atoms with Gasteiger partial charge in [0.15, 0.2) is 0 Å². The molecule has 0 unspecified atom stereocenters. The van der Waals surface area contributed by atoms with Gasteiger partial charge in [-0.3, -0.25) is 15.0 Å². The van der Waals surface area contributed by atoms with Gasteiger partial charge in [-0.15, -0.1) is 11.3 Å². The van der Waals surface area contributed by atoms with Crippen molar-refractivity contribution in [2.24, 2.45) is 0 Å². The van der Waals surface area contributed by atoms with E-state index in [9.17, 15) is 32.7 Å². The van der Waals surface area contributed by atoms with Gasteiger partial charge in [-0.05, 0) is 18.2 Å². The lowest BCUT2D eigenvalue weighted by atomic mass is 10.3. The number of thiophene rings is 1. The first-order valence-electron chi connectivity index (χ1n) is 7.56. The smallest absolute Gasteiger partial charge is 0.340 e. The minimum Gasteiger partial charge on any atom is -0.478 e. The van der Waals surface area contributed by atoms with Crippen molar-refractivity contribution in [2.45, 2.75) is 11.4 Å². The molecule has 28 heavy (non-hydrogen) atoms. The first-order valence-corrected chi connectivity index (χ1v) is 9.86. The number of carbonyl (C=O) groups excluding carboxylic acids is 1. The molecule has 1 aromatic carbocycles. The number of amides is 2. The zero-order valence-corrected chi connectivity index (χ0v) is 15.5. The third-order valence-corrected chi connectivity index (χ3v) is 5.86. The summed E-state index contributed by atoms with van der Waals surface area (Å²) in [6.07, 6.45) is 0. The van der Waals surface area contributed by atoms with Gasteiger partial charge in [-0.2, -0.15) is 4.68 Å². The molecular formula is C15H12N4O7S2. The van der Waals surface area contributed by atoms with E-state index in [0.717, 1.165) is 11.3 Å². The number of benzene rings is 1. The fourth-order valence-electron chi connectivity index (χ4n) is 2.09. The predicted molar refractivity (Wildman–Crippen MR) is 98.6 cm³/mol. The van der Waals surface area contributed by atoms with Crippen LogP contribution in [-0.2, 0) is 16.6 Å². The van der Waals surface area contributed by atoms with Crippen molar-refractivity contribution in [2.75, 3.05) is 5.43 Å². The Kier molecular flexibility index (Phi) is 5.02. The first-order chi connectivity index (χ1) is 13.2. The molecule has 0 fully saturated rings. The molecule has 0 radical (unpaired) electrons. The Hall–Kier alpha value is -3.45. The van der Waals surface area contributed by atoms with E-state index in [1.807, 2.05) is 4.72 Å². The van der Waals surface area contributed by atoms with Crippen molar-refractivity contribution >= 4 is 38.4 Å². The summed E-state index contributed by atoms with van der Waals surface area (Å²) >= 11 is 0.887. The lowest BCUT2D eigenvalue weighted by Crippen LogP contribution is -2.38. The number of hydrogen-bond acceptors (Lipinski definition) is 8. The lowest BCUT2D eigenvalue weighted by Gasteiger charge is -2.07. The van der Waals surface area contributed by atoms with E-state index in [-0.39, 0.29) is 22.0 Å². The van der Waals surface area contributed by atoms with Crippen LogP contribution in [0.3, 0.4) is 0 Å². The Morgan fingerprint density at radius 1 is 1.11 bits per heavy atom. The molecule has 0 aliphatic carbocycles.